The van der Waals surface area contributed by atoms with Crippen molar-refractivity contribution in [3.63, 3.8) is 0 Å². The molecule has 466 valence electrons. The van der Waals surface area contributed by atoms with Crippen LogP contribution in [0.25, 0.3) is 21.5 Å². The van der Waals surface area contributed by atoms with Crippen molar-refractivity contribution < 1.29 is 43.3 Å². The molecule has 7 heterocycles. The number of amides is 4. The molecular weight excluding hydrogens is 1130 g/mol. The molecule has 87 heavy (non-hydrogen) atoms. The van der Waals surface area contributed by atoms with Gasteiger partial charge in [-0.3, -0.25) is 38.2 Å². The van der Waals surface area contributed by atoms with E-state index in [0.29, 0.717) is 74.5 Å². The molecule has 4 amide bonds. The van der Waals surface area contributed by atoms with E-state index in [-0.39, 0.29) is 74.4 Å². The summed E-state index contributed by atoms with van der Waals surface area (Å²) in [5.41, 5.74) is 6.88. The molecule has 3 unspecified atom stereocenters. The second-order valence-electron chi connectivity index (χ2n) is 23.5. The number of aliphatic hydroxyl groups excluding tert-OH is 1. The van der Waals surface area contributed by atoms with Crippen LogP contribution < -0.4 is 31.7 Å². The highest BCUT2D eigenvalue weighted by atomic mass is 32.1. The molecule has 0 bridgehead atoms. The molecule has 2 aliphatic heterocycles. The number of ether oxygens (including phenoxy) is 3. The number of aromatic nitrogens is 8. The van der Waals surface area contributed by atoms with E-state index in [0.717, 1.165) is 84.9 Å². The summed E-state index contributed by atoms with van der Waals surface area (Å²) in [6.07, 6.45) is 8.18. The minimum atomic E-state index is -1.01. The number of nitrogens with zero attached hydrogens (tertiary/aromatic N) is 11. The van der Waals surface area contributed by atoms with Crippen LogP contribution in [-0.4, -0.2) is 181 Å². The van der Waals surface area contributed by atoms with Gasteiger partial charge in [-0.05, 0) is 67.9 Å². The fourth-order valence-corrected chi connectivity index (χ4v) is 12.1. The van der Waals surface area contributed by atoms with Gasteiger partial charge in [0.2, 0.25) is 29.6 Å². The Morgan fingerprint density at radius 2 is 1.55 bits per heavy atom. The lowest BCUT2D eigenvalue weighted by atomic mass is 9.85. The predicted molar refractivity (Wildman–Crippen MR) is 327 cm³/mol. The van der Waals surface area contributed by atoms with Crippen molar-refractivity contribution in [1.82, 2.24) is 65.2 Å². The van der Waals surface area contributed by atoms with Gasteiger partial charge in [0.1, 0.15) is 23.5 Å². The van der Waals surface area contributed by atoms with Crippen LogP contribution in [0, 0.1) is 19.3 Å². The van der Waals surface area contributed by atoms with E-state index in [1.807, 2.05) is 76.5 Å². The highest BCUT2D eigenvalue weighted by molar-refractivity contribution is 7.13. The Hall–Kier alpha value is -7.62. The Labute approximate surface area is 510 Å². The van der Waals surface area contributed by atoms with Gasteiger partial charge in [0, 0.05) is 95.4 Å². The van der Waals surface area contributed by atoms with Gasteiger partial charge in [-0.25, -0.2) is 19.6 Å². The number of thiazole rings is 1. The minimum absolute atomic E-state index is 0.00539. The standard InChI is InChI=1S/C61H81N15O10S/c1-39-48-34-65-60(69-56(48)76(45-9-7-8-10-45)58(82)53(39)41(3)77)67-50-16-15-46(33-63-50)73-22-20-72(21-23-73)35-44-36-74(71-70-44)24-26-85-28-30-86-29-27-84-25-19-62-51(79)17-18-52(80)68-55(61(4,5)6)59(83)75-37-47(78)31-49(75)57(81)64-32-42-11-13-43(14-12-42)54-40(2)66-38-87-54/h11-16,33-34,36,38,45,47,49,55,78H,7-10,17-32,35,37H2,1-6H3,(H,62,79)(H,64,81)(H,68,80)(H,63,65,67,69). The number of aliphatic hydroxyl groups is 1. The van der Waals surface area contributed by atoms with Crippen molar-refractivity contribution in [1.29, 1.82) is 0 Å². The molecule has 3 atom stereocenters. The monoisotopic (exact) mass is 1220 g/mol. The van der Waals surface area contributed by atoms with Crippen LogP contribution in [0.4, 0.5) is 17.5 Å². The van der Waals surface area contributed by atoms with Crippen molar-refractivity contribution in [2.24, 2.45) is 5.41 Å². The third-order valence-electron chi connectivity index (χ3n) is 16.0. The zero-order valence-corrected chi connectivity index (χ0v) is 51.4. The van der Waals surface area contributed by atoms with Crippen LogP contribution in [0.2, 0.25) is 0 Å². The zero-order valence-electron chi connectivity index (χ0n) is 50.6. The number of hydrogen-bond donors (Lipinski definition) is 5. The Bertz CT molecular complexity index is 3390. The first-order valence-electron chi connectivity index (χ1n) is 30.0. The SMILES string of the molecule is CC(=O)c1c(C)c2cnc(Nc3ccc(N4CCN(Cc5cn(CCOCCOCCOCCNC(=O)CCC(=O)NC(C(=O)N6CC(O)CC6C(=O)NCc6ccc(-c7scnc7C)cc6)C(C)(C)C)nn5)CC4)cn3)nc2n(C2CCCC2)c1=O. The largest absolute Gasteiger partial charge is 0.391 e. The number of likely N-dealkylation sites (tertiary alicyclic amines) is 1. The van der Waals surface area contributed by atoms with E-state index in [4.69, 9.17) is 19.2 Å². The number of carbonyl (C=O) groups is 5. The molecule has 6 aromatic rings. The molecule has 3 fully saturated rings. The molecule has 26 heteroatoms. The number of ketones is 1. The summed E-state index contributed by atoms with van der Waals surface area (Å²) in [5, 5.41) is 31.6. The van der Waals surface area contributed by atoms with Gasteiger partial charge < -0.3 is 50.4 Å². The van der Waals surface area contributed by atoms with Gasteiger partial charge in [0.05, 0.1) is 91.5 Å². The Morgan fingerprint density at radius 1 is 0.839 bits per heavy atom. The lowest BCUT2D eigenvalue weighted by molar-refractivity contribution is -0.144. The number of hydrogen-bond acceptors (Lipinski definition) is 20. The predicted octanol–water partition coefficient (Wildman–Crippen LogP) is 4.66. The summed E-state index contributed by atoms with van der Waals surface area (Å²) in [7, 11) is 0. The smallest absolute Gasteiger partial charge is 0.263 e. The van der Waals surface area contributed by atoms with Crippen LogP contribution in [-0.2, 0) is 53.0 Å². The van der Waals surface area contributed by atoms with Crippen LogP contribution in [0.5, 0.6) is 0 Å². The van der Waals surface area contributed by atoms with Gasteiger partial charge in [-0.1, -0.05) is 63.1 Å². The summed E-state index contributed by atoms with van der Waals surface area (Å²) in [6, 6.07) is 9.81. The highest BCUT2D eigenvalue weighted by Gasteiger charge is 2.44. The number of nitrogens with one attached hydrogen (secondary N) is 4. The summed E-state index contributed by atoms with van der Waals surface area (Å²) in [5.74, 6) is -1.04. The molecule has 1 saturated carbocycles. The molecule has 9 rings (SSSR count). The van der Waals surface area contributed by atoms with Gasteiger partial charge >= 0.3 is 0 Å². The van der Waals surface area contributed by atoms with Crippen LogP contribution >= 0.6 is 11.3 Å². The topological polar surface area (TPSA) is 295 Å². The van der Waals surface area contributed by atoms with Crippen LogP contribution in [0.15, 0.2) is 65.3 Å². The fraction of sp³-hybridized carbons (Fsp3) is 0.541. The van der Waals surface area contributed by atoms with Crippen LogP contribution in [0.3, 0.4) is 0 Å². The molecular formula is C61H81N15O10S. The Morgan fingerprint density at radius 3 is 2.23 bits per heavy atom. The molecule has 1 aliphatic carbocycles. The quantitative estimate of drug-likeness (QED) is 0.0330. The third kappa shape index (κ3) is 16.9. The number of aryl methyl sites for hydroxylation is 2. The van der Waals surface area contributed by atoms with Gasteiger partial charge in [0.25, 0.3) is 5.56 Å². The first-order chi connectivity index (χ1) is 41.9. The van der Waals surface area contributed by atoms with Crippen molar-refractivity contribution in [3.8, 4) is 10.4 Å². The lowest BCUT2D eigenvalue weighted by Gasteiger charge is -2.35. The maximum atomic E-state index is 14.0. The second-order valence-corrected chi connectivity index (χ2v) is 24.3. The summed E-state index contributed by atoms with van der Waals surface area (Å²) in [4.78, 5) is 105. The molecule has 5 aromatic heterocycles. The number of anilines is 3. The number of pyridine rings is 2. The first kappa shape index (κ1) is 63.9. The summed E-state index contributed by atoms with van der Waals surface area (Å²) in [6.45, 7) is 17.7. The first-order valence-corrected chi connectivity index (χ1v) is 30.8. The number of piperazine rings is 1. The Balaban J connectivity index is 0.593. The average molecular weight is 1220 g/mol. The normalized spacial score (nSPS) is 17.0. The van der Waals surface area contributed by atoms with E-state index in [1.165, 1.54) is 11.8 Å². The van der Waals surface area contributed by atoms with Gasteiger partial charge in [-0.15, -0.1) is 16.4 Å². The molecule has 3 aliphatic rings. The molecule has 0 spiro atoms. The lowest BCUT2D eigenvalue weighted by Crippen LogP contribution is -2.57. The van der Waals surface area contributed by atoms with E-state index in [1.54, 1.807) is 39.2 Å². The van der Waals surface area contributed by atoms with Gasteiger partial charge in [0.15, 0.2) is 5.78 Å². The van der Waals surface area contributed by atoms with E-state index in [9.17, 15) is 33.9 Å². The van der Waals surface area contributed by atoms with Crippen LogP contribution in [0.1, 0.15) is 112 Å². The maximum absolute atomic E-state index is 14.0. The minimum Gasteiger partial charge on any atom is -0.391 e. The summed E-state index contributed by atoms with van der Waals surface area (Å²) >= 11 is 1.56. The molecule has 5 N–H and O–H groups in total. The fourth-order valence-electron chi connectivity index (χ4n) is 11.3. The molecule has 0 radical (unpaired) electrons. The number of rotatable bonds is 28. The Kier molecular flexibility index (Phi) is 21.9. The number of fused-ring (bicyclic) bond motifs is 1. The number of β-amino-alcohol motifs (C(OH)–C–C–N with tert-alkyl or cyclic N) is 1. The van der Waals surface area contributed by atoms with Crippen molar-refractivity contribution in [2.75, 3.05) is 89.1 Å². The molecule has 25 nitrogen and oxygen atoms in total. The third-order valence-corrected chi connectivity index (χ3v) is 17.0. The van der Waals surface area contributed by atoms with Crippen molar-refractivity contribution >= 4 is 69.2 Å². The van der Waals surface area contributed by atoms with Crippen molar-refractivity contribution in [2.45, 2.75) is 130 Å². The molecule has 2 saturated heterocycles. The van der Waals surface area contributed by atoms with Gasteiger partial charge in [-0.2, -0.15) is 4.98 Å². The zero-order chi connectivity index (χ0) is 61.6. The summed E-state index contributed by atoms with van der Waals surface area (Å²) < 4.78 is 20.5. The average Bonchev–Trinajstić information content (AvgIpc) is 2.95. The van der Waals surface area contributed by atoms with E-state index < -0.39 is 41.3 Å². The maximum Gasteiger partial charge on any atom is 0.263 e. The number of benzene rings is 1. The van der Waals surface area contributed by atoms with Crippen molar-refractivity contribution in [3.05, 3.63) is 98.9 Å². The number of carbonyl (C=O) groups excluding carboxylic acids is 5. The highest BCUT2D eigenvalue weighted by Crippen LogP contribution is 2.33. The number of Topliss-reactive ketones (excluding diaryl/α,β-unsaturated/α-hetero) is 1. The van der Waals surface area contributed by atoms with E-state index >= 15 is 0 Å². The second kappa shape index (κ2) is 29.9. The molecule has 1 aromatic carbocycles. The van der Waals surface area contributed by atoms with E-state index in [2.05, 4.69) is 56.3 Å².